The van der Waals surface area contributed by atoms with Gasteiger partial charge in [0.05, 0.1) is 17.5 Å². The molecule has 0 spiro atoms. The number of amidine groups is 1. The number of anilines is 2. The maximum absolute atomic E-state index is 13.2. The summed E-state index contributed by atoms with van der Waals surface area (Å²) in [4.78, 5) is 41.7. The second kappa shape index (κ2) is 9.67. The predicted molar refractivity (Wildman–Crippen MR) is 131 cm³/mol. The maximum atomic E-state index is 13.2. The molecule has 0 atom stereocenters. The van der Waals surface area contributed by atoms with Crippen LogP contribution in [0.2, 0.25) is 0 Å². The molecule has 1 fully saturated rings. The number of aromatic carboxylic acids is 1. The molecule has 1 amide bonds. The van der Waals surface area contributed by atoms with Crippen LogP contribution in [0.25, 0.3) is 11.3 Å². The molecule has 1 saturated carbocycles. The SMILES string of the molecule is N=C(N)c1ccc(CNC(=O)Cn2c(-c3cc(N)cc(C(=O)O)c3)cnc(NC3CC3)c2=O)cc1. The van der Waals surface area contributed by atoms with Gasteiger partial charge in [0.25, 0.3) is 5.56 Å². The highest BCUT2D eigenvalue weighted by Crippen LogP contribution is 2.25. The van der Waals surface area contributed by atoms with Crippen LogP contribution < -0.4 is 27.7 Å². The summed E-state index contributed by atoms with van der Waals surface area (Å²) in [5, 5.41) is 22.7. The molecule has 1 aliphatic rings. The minimum Gasteiger partial charge on any atom is -0.478 e. The Morgan fingerprint density at radius 2 is 1.86 bits per heavy atom. The largest absolute Gasteiger partial charge is 0.478 e. The van der Waals surface area contributed by atoms with Crippen molar-refractivity contribution in [3.05, 3.63) is 75.7 Å². The Morgan fingerprint density at radius 1 is 1.14 bits per heavy atom. The first kappa shape index (κ1) is 23.5. The van der Waals surface area contributed by atoms with Gasteiger partial charge in [0.2, 0.25) is 5.91 Å². The second-order valence-corrected chi connectivity index (χ2v) is 8.34. The zero-order valence-electron chi connectivity index (χ0n) is 18.7. The monoisotopic (exact) mass is 475 g/mol. The number of hydrogen-bond acceptors (Lipinski definition) is 7. The fourth-order valence-electron chi connectivity index (χ4n) is 3.52. The Morgan fingerprint density at radius 3 is 2.49 bits per heavy atom. The fourth-order valence-corrected chi connectivity index (χ4v) is 3.52. The smallest absolute Gasteiger partial charge is 0.335 e. The Hall–Kier alpha value is -4.67. The average Bonchev–Trinajstić information content (AvgIpc) is 3.64. The van der Waals surface area contributed by atoms with Crippen molar-refractivity contribution in [1.29, 1.82) is 5.41 Å². The first-order chi connectivity index (χ1) is 16.7. The highest BCUT2D eigenvalue weighted by molar-refractivity contribution is 5.95. The maximum Gasteiger partial charge on any atom is 0.335 e. The Kier molecular flexibility index (Phi) is 6.49. The van der Waals surface area contributed by atoms with Gasteiger partial charge in [-0.3, -0.25) is 19.6 Å². The Labute approximate surface area is 200 Å². The molecule has 2 aromatic carbocycles. The van der Waals surface area contributed by atoms with Gasteiger partial charge in [-0.05, 0) is 36.6 Å². The number of nitrogens with one attached hydrogen (secondary N) is 3. The molecule has 11 heteroatoms. The first-order valence-corrected chi connectivity index (χ1v) is 10.9. The second-order valence-electron chi connectivity index (χ2n) is 8.34. The molecule has 1 aliphatic carbocycles. The number of carbonyl (C=O) groups is 2. The van der Waals surface area contributed by atoms with Gasteiger partial charge >= 0.3 is 5.97 Å². The van der Waals surface area contributed by atoms with Gasteiger partial charge < -0.3 is 27.2 Å². The molecule has 8 N–H and O–H groups in total. The van der Waals surface area contributed by atoms with E-state index in [0.717, 1.165) is 18.4 Å². The van der Waals surface area contributed by atoms with Gasteiger partial charge in [0, 0.05) is 29.4 Å². The lowest BCUT2D eigenvalue weighted by Gasteiger charge is -2.16. The molecule has 1 aromatic heterocycles. The van der Waals surface area contributed by atoms with Crippen LogP contribution in [0.4, 0.5) is 11.5 Å². The van der Waals surface area contributed by atoms with E-state index in [1.807, 2.05) is 0 Å². The van der Waals surface area contributed by atoms with E-state index in [9.17, 15) is 19.5 Å². The summed E-state index contributed by atoms with van der Waals surface area (Å²) in [6.45, 7) is -0.0976. The van der Waals surface area contributed by atoms with Crippen LogP contribution in [-0.4, -0.2) is 38.4 Å². The zero-order valence-corrected chi connectivity index (χ0v) is 18.7. The summed E-state index contributed by atoms with van der Waals surface area (Å²) < 4.78 is 1.26. The molecule has 0 aliphatic heterocycles. The number of carbonyl (C=O) groups excluding carboxylic acids is 1. The molecule has 0 radical (unpaired) electrons. The number of nitrogens with two attached hydrogens (primary N) is 2. The molecule has 3 aromatic rings. The zero-order chi connectivity index (χ0) is 25.1. The van der Waals surface area contributed by atoms with Crippen molar-refractivity contribution in [3.63, 3.8) is 0 Å². The fraction of sp³-hybridized carbons (Fsp3) is 0.208. The normalized spacial score (nSPS) is 12.7. The quantitative estimate of drug-likeness (QED) is 0.152. The van der Waals surface area contributed by atoms with Crippen LogP contribution in [0.5, 0.6) is 0 Å². The van der Waals surface area contributed by atoms with Crippen molar-refractivity contribution in [2.24, 2.45) is 5.73 Å². The predicted octanol–water partition coefficient (Wildman–Crippen LogP) is 1.37. The number of carboxylic acids is 1. The van der Waals surface area contributed by atoms with Crippen molar-refractivity contribution >= 4 is 29.2 Å². The summed E-state index contributed by atoms with van der Waals surface area (Å²) in [7, 11) is 0. The molecule has 0 saturated heterocycles. The molecule has 4 rings (SSSR count). The Bertz CT molecular complexity index is 1360. The van der Waals surface area contributed by atoms with Crippen LogP contribution in [0.15, 0.2) is 53.5 Å². The molecule has 1 heterocycles. The molecular weight excluding hydrogens is 450 g/mol. The summed E-state index contributed by atoms with van der Waals surface area (Å²) >= 11 is 0. The van der Waals surface area contributed by atoms with E-state index in [0.29, 0.717) is 11.1 Å². The molecule has 35 heavy (non-hydrogen) atoms. The molecule has 11 nitrogen and oxygen atoms in total. The van der Waals surface area contributed by atoms with Crippen molar-refractivity contribution in [2.45, 2.75) is 32.0 Å². The minimum atomic E-state index is -1.17. The van der Waals surface area contributed by atoms with E-state index in [2.05, 4.69) is 15.6 Å². The number of carboxylic acid groups (broad SMARTS) is 1. The average molecular weight is 476 g/mol. The Balaban J connectivity index is 1.61. The van der Waals surface area contributed by atoms with Crippen molar-refractivity contribution in [2.75, 3.05) is 11.1 Å². The standard InChI is InChI=1S/C24H25N7O4/c25-17-8-15(7-16(9-17)24(34)35)19-11-29-22(30-18-5-6-18)23(33)31(19)12-20(32)28-10-13-1-3-14(4-2-13)21(26)27/h1-4,7-9,11,18H,5-6,10,12,25H2,(H3,26,27)(H,28,32)(H,29,30)(H,34,35). The number of rotatable bonds is 9. The minimum absolute atomic E-state index is 0.0439. The lowest BCUT2D eigenvalue weighted by molar-refractivity contribution is -0.121. The number of benzene rings is 2. The first-order valence-electron chi connectivity index (χ1n) is 10.9. The van der Waals surface area contributed by atoms with Crippen molar-refractivity contribution < 1.29 is 14.7 Å². The van der Waals surface area contributed by atoms with Gasteiger partial charge in [0.1, 0.15) is 12.4 Å². The number of aromatic nitrogens is 2. The third-order valence-electron chi connectivity index (χ3n) is 5.53. The number of nitrogen functional groups attached to an aromatic ring is 2. The van der Waals surface area contributed by atoms with Crippen LogP contribution in [0.1, 0.15) is 34.3 Å². The van der Waals surface area contributed by atoms with Crippen molar-refractivity contribution in [1.82, 2.24) is 14.9 Å². The van der Waals surface area contributed by atoms with Gasteiger partial charge in [0.15, 0.2) is 5.82 Å². The lowest BCUT2D eigenvalue weighted by Crippen LogP contribution is -2.34. The van der Waals surface area contributed by atoms with Gasteiger partial charge in [-0.2, -0.15) is 0 Å². The van der Waals surface area contributed by atoms with Crippen molar-refractivity contribution in [3.8, 4) is 11.3 Å². The number of nitrogens with zero attached hydrogens (tertiary/aromatic N) is 2. The number of hydrogen-bond donors (Lipinski definition) is 6. The van der Waals surface area contributed by atoms with E-state index in [-0.39, 0.29) is 47.7 Å². The van der Waals surface area contributed by atoms with E-state index >= 15 is 0 Å². The molecule has 180 valence electrons. The van der Waals surface area contributed by atoms with E-state index in [4.69, 9.17) is 16.9 Å². The summed E-state index contributed by atoms with van der Waals surface area (Å²) in [6, 6.07) is 11.3. The molecule has 0 unspecified atom stereocenters. The van der Waals surface area contributed by atoms with Gasteiger partial charge in [-0.25, -0.2) is 9.78 Å². The van der Waals surface area contributed by atoms with Crippen LogP contribution >= 0.6 is 0 Å². The van der Waals surface area contributed by atoms with Crippen LogP contribution in [0, 0.1) is 5.41 Å². The van der Waals surface area contributed by atoms with E-state index in [1.54, 1.807) is 24.3 Å². The van der Waals surface area contributed by atoms with Crippen LogP contribution in [0.3, 0.4) is 0 Å². The van der Waals surface area contributed by atoms with E-state index < -0.39 is 17.4 Å². The highest BCUT2D eigenvalue weighted by Gasteiger charge is 2.24. The van der Waals surface area contributed by atoms with E-state index in [1.165, 1.54) is 29.0 Å². The van der Waals surface area contributed by atoms with Gasteiger partial charge in [-0.1, -0.05) is 24.3 Å². The summed E-state index contributed by atoms with van der Waals surface area (Å²) in [6.07, 6.45) is 3.30. The van der Waals surface area contributed by atoms with Gasteiger partial charge in [-0.15, -0.1) is 0 Å². The third-order valence-corrected chi connectivity index (χ3v) is 5.53. The molecule has 0 bridgehead atoms. The third kappa shape index (κ3) is 5.64. The topological polar surface area (TPSA) is 189 Å². The van der Waals surface area contributed by atoms with Crippen LogP contribution in [-0.2, 0) is 17.9 Å². The lowest BCUT2D eigenvalue weighted by atomic mass is 10.1. The number of amides is 1. The summed E-state index contributed by atoms with van der Waals surface area (Å²) in [5.41, 5.74) is 13.0. The highest BCUT2D eigenvalue weighted by atomic mass is 16.4. The molecular formula is C24H25N7O4. The summed E-state index contributed by atoms with van der Waals surface area (Å²) in [5.74, 6) is -1.50.